The molecule has 0 saturated carbocycles. The Morgan fingerprint density at radius 2 is 1.85 bits per heavy atom. The second-order valence-electron chi connectivity index (χ2n) is 7.15. The van der Waals surface area contributed by atoms with Crippen LogP contribution < -0.4 is 14.8 Å². The molecule has 1 N–H and O–H groups in total. The fourth-order valence-corrected chi connectivity index (χ4v) is 3.79. The average Bonchev–Trinajstić information content (AvgIpc) is 3.02. The summed E-state index contributed by atoms with van der Waals surface area (Å²) >= 11 is 12.3. The molecule has 1 aliphatic rings. The van der Waals surface area contributed by atoms with Gasteiger partial charge >= 0.3 is 6.03 Å². The maximum atomic E-state index is 12.5. The van der Waals surface area contributed by atoms with Gasteiger partial charge in [0.2, 0.25) is 0 Å². The Kier molecular flexibility index (Phi) is 8.20. The predicted molar refractivity (Wildman–Crippen MR) is 131 cm³/mol. The van der Waals surface area contributed by atoms with E-state index in [1.54, 1.807) is 36.4 Å². The van der Waals surface area contributed by atoms with E-state index >= 15 is 0 Å². The van der Waals surface area contributed by atoms with Crippen LogP contribution in [0.1, 0.15) is 23.6 Å². The number of urea groups is 1. The Morgan fingerprint density at radius 1 is 1.06 bits per heavy atom. The highest BCUT2D eigenvalue weighted by Crippen LogP contribution is 2.36. The molecule has 3 amide bonds. The molecule has 33 heavy (non-hydrogen) atoms. The highest BCUT2D eigenvalue weighted by Gasteiger charge is 2.32. The van der Waals surface area contributed by atoms with Gasteiger partial charge in [-0.3, -0.25) is 9.69 Å². The molecule has 172 valence electrons. The molecule has 1 heterocycles. The molecule has 0 atom stereocenters. The Labute approximate surface area is 203 Å². The number of nitrogens with one attached hydrogen (secondary N) is 1. The van der Waals surface area contributed by atoms with Gasteiger partial charge in [0, 0.05) is 27.7 Å². The third-order valence-electron chi connectivity index (χ3n) is 4.79. The standard InChI is InChI=1S/C25H24Cl2N2O4/c1-4-7-17-11-16(12-21-24(30)29(10-5-2)25(31)28-21)13-22(32-6-3)23(17)33-15-18-8-9-19(26)14-20(18)27/h4-5,8-9,11-14H,1-2,6-7,10,15H2,3H3,(H,28,31)/b21-12+. The SMILES string of the molecule is C=CCc1cc(/C=C2/NC(=O)N(CC=C)C2=O)cc(OCC)c1OCc1ccc(Cl)cc1Cl. The highest BCUT2D eigenvalue weighted by molar-refractivity contribution is 6.35. The van der Waals surface area contributed by atoms with E-state index < -0.39 is 11.9 Å². The van der Waals surface area contributed by atoms with Crippen molar-refractivity contribution in [3.63, 3.8) is 0 Å². The zero-order valence-electron chi connectivity index (χ0n) is 18.2. The number of nitrogens with zero attached hydrogens (tertiary/aromatic N) is 1. The highest BCUT2D eigenvalue weighted by atomic mass is 35.5. The van der Waals surface area contributed by atoms with E-state index in [1.165, 1.54) is 6.08 Å². The minimum atomic E-state index is -0.484. The van der Waals surface area contributed by atoms with Crippen LogP contribution in [0.2, 0.25) is 10.0 Å². The molecule has 0 aromatic heterocycles. The smallest absolute Gasteiger partial charge is 0.329 e. The second kappa shape index (κ2) is 11.1. The topological polar surface area (TPSA) is 67.9 Å². The monoisotopic (exact) mass is 486 g/mol. The van der Waals surface area contributed by atoms with Gasteiger partial charge in [0.15, 0.2) is 11.5 Å². The van der Waals surface area contributed by atoms with Gasteiger partial charge in [0.05, 0.1) is 6.61 Å². The summed E-state index contributed by atoms with van der Waals surface area (Å²) in [5.74, 6) is 0.648. The van der Waals surface area contributed by atoms with Gasteiger partial charge in [-0.2, -0.15) is 0 Å². The van der Waals surface area contributed by atoms with Gasteiger partial charge < -0.3 is 14.8 Å². The normalized spacial score (nSPS) is 14.4. The Balaban J connectivity index is 1.96. The maximum Gasteiger partial charge on any atom is 0.329 e. The van der Waals surface area contributed by atoms with Crippen molar-refractivity contribution in [2.75, 3.05) is 13.2 Å². The third kappa shape index (κ3) is 5.78. The summed E-state index contributed by atoms with van der Waals surface area (Å²) in [6, 6.07) is 8.36. The van der Waals surface area contributed by atoms with Crippen LogP contribution in [0.25, 0.3) is 6.08 Å². The molecule has 2 aromatic carbocycles. The van der Waals surface area contributed by atoms with Crippen LogP contribution in [0.5, 0.6) is 11.5 Å². The molecule has 0 aliphatic carbocycles. The quantitative estimate of drug-likeness (QED) is 0.262. The van der Waals surface area contributed by atoms with Crippen molar-refractivity contribution < 1.29 is 19.1 Å². The fourth-order valence-electron chi connectivity index (χ4n) is 3.32. The van der Waals surface area contributed by atoms with Gasteiger partial charge in [0.25, 0.3) is 5.91 Å². The van der Waals surface area contributed by atoms with E-state index in [1.807, 2.05) is 13.0 Å². The van der Waals surface area contributed by atoms with Crippen molar-refractivity contribution in [2.24, 2.45) is 0 Å². The molecule has 6 nitrogen and oxygen atoms in total. The molecule has 0 bridgehead atoms. The van der Waals surface area contributed by atoms with Crippen molar-refractivity contribution in [2.45, 2.75) is 20.0 Å². The van der Waals surface area contributed by atoms with E-state index in [2.05, 4.69) is 18.5 Å². The first kappa shape index (κ1) is 24.4. The summed E-state index contributed by atoms with van der Waals surface area (Å²) in [5, 5.41) is 3.65. The molecule has 0 unspecified atom stereocenters. The molecule has 3 rings (SSSR count). The lowest BCUT2D eigenvalue weighted by Crippen LogP contribution is -2.30. The van der Waals surface area contributed by atoms with Gasteiger partial charge in [-0.15, -0.1) is 13.2 Å². The van der Waals surface area contributed by atoms with Crippen LogP contribution in [0, 0.1) is 0 Å². The van der Waals surface area contributed by atoms with E-state index in [0.717, 1.165) is 16.0 Å². The van der Waals surface area contributed by atoms with E-state index in [9.17, 15) is 9.59 Å². The summed E-state index contributed by atoms with van der Waals surface area (Å²) < 4.78 is 12.0. The Morgan fingerprint density at radius 3 is 2.52 bits per heavy atom. The number of allylic oxidation sites excluding steroid dienone is 1. The summed E-state index contributed by atoms with van der Waals surface area (Å²) in [4.78, 5) is 25.7. The van der Waals surface area contributed by atoms with Crippen LogP contribution in [-0.2, 0) is 17.8 Å². The Bertz CT molecular complexity index is 1130. The van der Waals surface area contributed by atoms with Crippen LogP contribution in [0.15, 0.2) is 61.3 Å². The summed E-state index contributed by atoms with van der Waals surface area (Å²) in [5.41, 5.74) is 2.44. The molecule has 0 spiro atoms. The minimum Gasteiger partial charge on any atom is -0.490 e. The van der Waals surface area contributed by atoms with Crippen LogP contribution >= 0.6 is 23.2 Å². The molecule has 1 aliphatic heterocycles. The lowest BCUT2D eigenvalue weighted by atomic mass is 10.0. The lowest BCUT2D eigenvalue weighted by molar-refractivity contribution is -0.122. The maximum absolute atomic E-state index is 12.5. The first-order valence-corrected chi connectivity index (χ1v) is 11.1. The number of carbonyl (C=O) groups excluding carboxylic acids is 2. The number of halogens is 2. The number of ether oxygens (including phenoxy) is 2. The van der Waals surface area contributed by atoms with Crippen molar-refractivity contribution in [3.8, 4) is 11.5 Å². The number of imide groups is 1. The predicted octanol–water partition coefficient (Wildman–Crippen LogP) is 5.78. The molecule has 1 saturated heterocycles. The van der Waals surface area contributed by atoms with Crippen LogP contribution in [-0.4, -0.2) is 30.0 Å². The number of benzene rings is 2. The van der Waals surface area contributed by atoms with Crippen molar-refractivity contribution in [3.05, 3.63) is 88.1 Å². The average molecular weight is 487 g/mol. The lowest BCUT2D eigenvalue weighted by Gasteiger charge is -2.17. The fraction of sp³-hybridized carbons (Fsp3) is 0.200. The first-order valence-electron chi connectivity index (χ1n) is 10.3. The van der Waals surface area contributed by atoms with E-state index in [0.29, 0.717) is 40.1 Å². The first-order chi connectivity index (χ1) is 15.9. The number of rotatable bonds is 10. The van der Waals surface area contributed by atoms with Crippen molar-refractivity contribution in [1.82, 2.24) is 10.2 Å². The molecule has 1 fully saturated rings. The van der Waals surface area contributed by atoms with E-state index in [-0.39, 0.29) is 18.8 Å². The van der Waals surface area contributed by atoms with Gasteiger partial charge in [-0.25, -0.2) is 4.79 Å². The molecule has 2 aromatic rings. The number of carbonyl (C=O) groups is 2. The number of hydrogen-bond donors (Lipinski definition) is 1. The van der Waals surface area contributed by atoms with Crippen molar-refractivity contribution in [1.29, 1.82) is 0 Å². The minimum absolute atomic E-state index is 0.133. The summed E-state index contributed by atoms with van der Waals surface area (Å²) in [6.45, 7) is 10.0. The molecular formula is C25H24Cl2N2O4. The second-order valence-corrected chi connectivity index (χ2v) is 7.99. The third-order valence-corrected chi connectivity index (χ3v) is 5.38. The molecule has 8 heteroatoms. The Hall–Kier alpha value is -3.22. The summed E-state index contributed by atoms with van der Waals surface area (Å²) in [6.07, 6.45) is 5.36. The number of hydrogen-bond acceptors (Lipinski definition) is 4. The van der Waals surface area contributed by atoms with Crippen molar-refractivity contribution >= 4 is 41.2 Å². The molecular weight excluding hydrogens is 463 g/mol. The van der Waals surface area contributed by atoms with Gasteiger partial charge in [-0.1, -0.05) is 41.4 Å². The molecule has 0 radical (unpaired) electrons. The van der Waals surface area contributed by atoms with Gasteiger partial charge in [0.1, 0.15) is 12.3 Å². The van der Waals surface area contributed by atoms with E-state index in [4.69, 9.17) is 32.7 Å². The van der Waals surface area contributed by atoms with Gasteiger partial charge in [-0.05, 0) is 49.2 Å². The largest absolute Gasteiger partial charge is 0.490 e. The summed E-state index contributed by atoms with van der Waals surface area (Å²) in [7, 11) is 0. The van der Waals surface area contributed by atoms with Crippen LogP contribution in [0.4, 0.5) is 4.79 Å². The van der Waals surface area contributed by atoms with Crippen LogP contribution in [0.3, 0.4) is 0 Å². The number of amides is 3. The zero-order chi connectivity index (χ0) is 24.0. The zero-order valence-corrected chi connectivity index (χ0v) is 19.7.